The first-order chi connectivity index (χ1) is 8.33. The molecule has 0 fully saturated rings. The van der Waals surface area contributed by atoms with E-state index in [4.69, 9.17) is 14.4 Å². The van der Waals surface area contributed by atoms with E-state index >= 15 is 0 Å². The first-order valence-electron chi connectivity index (χ1n) is 5.43. The molecule has 97 valence electrons. The maximum absolute atomic E-state index is 11.9. The molecule has 1 N–H and O–H groups in total. The van der Waals surface area contributed by atoms with E-state index in [9.17, 15) is 4.79 Å². The number of halogens is 1. The van der Waals surface area contributed by atoms with Crippen molar-refractivity contribution in [3.63, 3.8) is 0 Å². The predicted molar refractivity (Wildman–Crippen MR) is 72.5 cm³/mol. The summed E-state index contributed by atoms with van der Waals surface area (Å²) in [4.78, 5) is 11.9. The van der Waals surface area contributed by atoms with Gasteiger partial charge in [0.25, 0.3) is 0 Å². The molecule has 0 saturated heterocycles. The van der Waals surface area contributed by atoms with E-state index in [1.54, 1.807) is 18.2 Å². The first kappa shape index (κ1) is 15.1. The van der Waals surface area contributed by atoms with Crippen LogP contribution in [-0.2, 0) is 4.74 Å². The number of carbonyl (C=O) groups is 1. The fourth-order valence-corrected chi connectivity index (χ4v) is 1.52. The van der Waals surface area contributed by atoms with Crippen molar-refractivity contribution in [3.8, 4) is 5.75 Å². The Morgan fingerprint density at radius 2 is 2.11 bits per heavy atom. The standard InChI is InChI=1S/C12H15BBrO4/c1-12(2,3)7-17-11(15)9-5-4-8(14)6-10(9)18-13-16/h4-6,16H,7H2,1-3H3. The molecule has 6 heteroatoms. The van der Waals surface area contributed by atoms with Crippen LogP contribution in [0.25, 0.3) is 0 Å². The summed E-state index contributed by atoms with van der Waals surface area (Å²) >= 11 is 3.26. The van der Waals surface area contributed by atoms with Gasteiger partial charge < -0.3 is 14.4 Å². The van der Waals surface area contributed by atoms with Gasteiger partial charge in [-0.05, 0) is 23.6 Å². The van der Waals surface area contributed by atoms with Crippen molar-refractivity contribution >= 4 is 29.6 Å². The summed E-state index contributed by atoms with van der Waals surface area (Å²) in [5.74, 6) is -0.236. The molecule has 1 radical (unpaired) electrons. The zero-order valence-corrected chi connectivity index (χ0v) is 12.2. The Labute approximate surface area is 116 Å². The molecule has 1 rings (SSSR count). The summed E-state index contributed by atoms with van der Waals surface area (Å²) < 4.78 is 10.8. The highest BCUT2D eigenvalue weighted by molar-refractivity contribution is 9.10. The Bertz CT molecular complexity index is 429. The number of carbonyl (C=O) groups excluding carboxylic acids is 1. The second-order valence-electron chi connectivity index (χ2n) is 5.00. The molecule has 0 amide bonds. The van der Waals surface area contributed by atoms with Gasteiger partial charge in [-0.2, -0.15) is 0 Å². The van der Waals surface area contributed by atoms with Gasteiger partial charge in [0.2, 0.25) is 0 Å². The van der Waals surface area contributed by atoms with Crippen molar-refractivity contribution in [1.82, 2.24) is 0 Å². The summed E-state index contributed by atoms with van der Waals surface area (Å²) in [5.41, 5.74) is 0.169. The van der Waals surface area contributed by atoms with E-state index < -0.39 is 5.97 Å². The van der Waals surface area contributed by atoms with Crippen molar-refractivity contribution in [2.24, 2.45) is 5.41 Å². The van der Waals surface area contributed by atoms with Crippen LogP contribution in [0.2, 0.25) is 0 Å². The van der Waals surface area contributed by atoms with Gasteiger partial charge in [0, 0.05) is 4.47 Å². The maximum Gasteiger partial charge on any atom is 0.569 e. The Morgan fingerprint density at radius 3 is 2.67 bits per heavy atom. The smallest absolute Gasteiger partial charge is 0.537 e. The average Bonchev–Trinajstić information content (AvgIpc) is 2.25. The molecule has 0 aliphatic carbocycles. The molecule has 0 spiro atoms. The minimum absolute atomic E-state index is 0.102. The largest absolute Gasteiger partial charge is 0.569 e. The molecule has 4 nitrogen and oxygen atoms in total. The quantitative estimate of drug-likeness (QED) is 0.685. The summed E-state index contributed by atoms with van der Waals surface area (Å²) in [7, 11) is 0.530. The third kappa shape index (κ3) is 4.70. The average molecular weight is 314 g/mol. The molecule has 0 saturated carbocycles. The van der Waals surface area contributed by atoms with E-state index in [-0.39, 0.29) is 16.7 Å². The van der Waals surface area contributed by atoms with Gasteiger partial charge in [-0.3, -0.25) is 0 Å². The zero-order chi connectivity index (χ0) is 13.8. The van der Waals surface area contributed by atoms with Gasteiger partial charge in [0.05, 0.1) is 12.2 Å². The molecular formula is C12H15BBrO4. The van der Waals surface area contributed by atoms with E-state index in [0.717, 1.165) is 4.47 Å². The summed E-state index contributed by atoms with van der Waals surface area (Å²) in [6.07, 6.45) is 0. The number of hydrogen-bond acceptors (Lipinski definition) is 4. The van der Waals surface area contributed by atoms with Crippen LogP contribution >= 0.6 is 15.9 Å². The molecule has 0 atom stereocenters. The molecule has 0 bridgehead atoms. The Balaban J connectivity index is 2.84. The molecule has 0 unspecified atom stereocenters. The van der Waals surface area contributed by atoms with Gasteiger partial charge in [-0.1, -0.05) is 36.7 Å². The Kier molecular flexibility index (Phi) is 5.22. The zero-order valence-electron chi connectivity index (χ0n) is 10.6. The van der Waals surface area contributed by atoms with E-state index in [2.05, 4.69) is 15.9 Å². The van der Waals surface area contributed by atoms with Crippen LogP contribution in [-0.4, -0.2) is 25.3 Å². The van der Waals surface area contributed by atoms with Gasteiger partial charge >= 0.3 is 13.7 Å². The molecule has 0 heterocycles. The van der Waals surface area contributed by atoms with Crippen LogP contribution < -0.4 is 4.65 Å². The van der Waals surface area contributed by atoms with E-state index in [1.165, 1.54) is 0 Å². The summed E-state index contributed by atoms with van der Waals surface area (Å²) in [6, 6.07) is 4.87. The maximum atomic E-state index is 11.9. The van der Waals surface area contributed by atoms with Gasteiger partial charge in [0.1, 0.15) is 5.75 Å². The molecule has 0 aromatic heterocycles. The van der Waals surface area contributed by atoms with Crippen LogP contribution in [0.4, 0.5) is 0 Å². The molecule has 1 aromatic rings. The summed E-state index contributed by atoms with van der Waals surface area (Å²) in [6.45, 7) is 6.23. The number of hydrogen-bond donors (Lipinski definition) is 1. The van der Waals surface area contributed by atoms with E-state index in [0.29, 0.717) is 14.3 Å². The van der Waals surface area contributed by atoms with E-state index in [1.807, 2.05) is 20.8 Å². The highest BCUT2D eigenvalue weighted by Crippen LogP contribution is 2.25. The third-order valence-corrected chi connectivity index (χ3v) is 2.47. The highest BCUT2D eigenvalue weighted by atomic mass is 79.9. The van der Waals surface area contributed by atoms with Gasteiger partial charge in [0.15, 0.2) is 0 Å². The second kappa shape index (κ2) is 6.25. The summed E-state index contributed by atoms with van der Waals surface area (Å²) in [5, 5.41) is 8.66. The minimum Gasteiger partial charge on any atom is -0.537 e. The Morgan fingerprint density at radius 1 is 1.44 bits per heavy atom. The fourth-order valence-electron chi connectivity index (χ4n) is 1.18. The highest BCUT2D eigenvalue weighted by Gasteiger charge is 2.18. The normalized spacial score (nSPS) is 10.9. The molecular weight excluding hydrogens is 299 g/mol. The van der Waals surface area contributed by atoms with Crippen LogP contribution in [0.3, 0.4) is 0 Å². The van der Waals surface area contributed by atoms with Gasteiger partial charge in [-0.25, -0.2) is 4.79 Å². The Hall–Kier alpha value is -1.01. The lowest BCUT2D eigenvalue weighted by atomic mass is 9.99. The molecule has 0 aliphatic rings. The predicted octanol–water partition coefficient (Wildman–Crippen LogP) is 2.56. The van der Waals surface area contributed by atoms with Crippen molar-refractivity contribution in [2.75, 3.05) is 6.61 Å². The van der Waals surface area contributed by atoms with Crippen LogP contribution in [0.15, 0.2) is 22.7 Å². The number of ether oxygens (including phenoxy) is 1. The first-order valence-corrected chi connectivity index (χ1v) is 6.22. The minimum atomic E-state index is -0.478. The van der Waals surface area contributed by atoms with Crippen LogP contribution in [0, 0.1) is 5.41 Å². The second-order valence-corrected chi connectivity index (χ2v) is 5.92. The third-order valence-electron chi connectivity index (χ3n) is 1.98. The van der Waals surface area contributed by atoms with Crippen molar-refractivity contribution in [2.45, 2.75) is 20.8 Å². The van der Waals surface area contributed by atoms with Gasteiger partial charge in [-0.15, -0.1) is 0 Å². The van der Waals surface area contributed by atoms with Crippen molar-refractivity contribution in [1.29, 1.82) is 0 Å². The lowest BCUT2D eigenvalue weighted by Gasteiger charge is -2.18. The van der Waals surface area contributed by atoms with Crippen LogP contribution in [0.5, 0.6) is 5.75 Å². The lowest BCUT2D eigenvalue weighted by molar-refractivity contribution is 0.0365. The number of rotatable bonds is 4. The van der Waals surface area contributed by atoms with Crippen molar-refractivity contribution in [3.05, 3.63) is 28.2 Å². The number of benzene rings is 1. The molecule has 0 aliphatic heterocycles. The fraction of sp³-hybridized carbons (Fsp3) is 0.417. The van der Waals surface area contributed by atoms with Crippen molar-refractivity contribution < 1.29 is 19.2 Å². The lowest BCUT2D eigenvalue weighted by Crippen LogP contribution is -2.19. The number of esters is 1. The molecule has 1 aromatic carbocycles. The SMILES string of the molecule is CC(C)(C)COC(=O)c1ccc(Br)cc1O[B]O. The molecule has 18 heavy (non-hydrogen) atoms. The monoisotopic (exact) mass is 313 g/mol. The van der Waals surface area contributed by atoms with Crippen LogP contribution in [0.1, 0.15) is 31.1 Å². The topological polar surface area (TPSA) is 55.8 Å².